The predicted octanol–water partition coefficient (Wildman–Crippen LogP) is 2.18. The summed E-state index contributed by atoms with van der Waals surface area (Å²) in [7, 11) is 4.69. The van der Waals surface area contributed by atoms with Gasteiger partial charge >= 0.3 is 5.97 Å². The number of hydrogen-bond donors (Lipinski definition) is 0. The molecule has 1 aliphatic heterocycles. The molecular weight excluding hydrogens is 332 g/mol. The van der Waals surface area contributed by atoms with E-state index in [0.717, 1.165) is 16.7 Å². The highest BCUT2D eigenvalue weighted by atomic mass is 16.7. The summed E-state index contributed by atoms with van der Waals surface area (Å²) in [6.45, 7) is 7.28. The van der Waals surface area contributed by atoms with E-state index in [1.54, 1.807) is 24.1 Å². The standard InChI is InChI=1S/C20H30N2O4/c1-14-11-16(3)17(12-15(14)2)13-18(23)21(4)20(19(24)25-5)7-9-22(26-6)10-8-20/h11-12H,7-10,13H2,1-6H3. The van der Waals surface area contributed by atoms with E-state index in [2.05, 4.69) is 19.1 Å². The Balaban J connectivity index is 2.23. The van der Waals surface area contributed by atoms with Gasteiger partial charge in [-0.25, -0.2) is 4.79 Å². The molecule has 1 heterocycles. The van der Waals surface area contributed by atoms with Crippen LogP contribution in [0.15, 0.2) is 12.1 Å². The molecule has 0 atom stereocenters. The monoisotopic (exact) mass is 362 g/mol. The van der Waals surface area contributed by atoms with Crippen molar-refractivity contribution in [2.75, 3.05) is 34.4 Å². The summed E-state index contributed by atoms with van der Waals surface area (Å²) in [5.41, 5.74) is 3.53. The van der Waals surface area contributed by atoms with Crippen molar-refractivity contribution in [3.05, 3.63) is 34.4 Å². The number of esters is 1. The number of methoxy groups -OCH3 is 1. The molecule has 6 heteroatoms. The SMILES string of the molecule is COC(=O)C1(N(C)C(=O)Cc2cc(C)c(C)cc2C)CCN(OC)CC1. The average molecular weight is 362 g/mol. The molecule has 1 aromatic rings. The summed E-state index contributed by atoms with van der Waals surface area (Å²) < 4.78 is 5.05. The highest BCUT2D eigenvalue weighted by Crippen LogP contribution is 2.30. The Morgan fingerprint density at radius 2 is 1.65 bits per heavy atom. The number of piperidine rings is 1. The highest BCUT2D eigenvalue weighted by molar-refractivity contribution is 5.89. The quantitative estimate of drug-likeness (QED) is 0.752. The van der Waals surface area contributed by atoms with E-state index in [1.165, 1.54) is 12.7 Å². The van der Waals surface area contributed by atoms with E-state index < -0.39 is 5.54 Å². The van der Waals surface area contributed by atoms with Crippen LogP contribution in [-0.4, -0.2) is 61.7 Å². The van der Waals surface area contributed by atoms with Gasteiger partial charge in [0, 0.05) is 20.1 Å². The van der Waals surface area contributed by atoms with Gasteiger partial charge in [0.05, 0.1) is 20.6 Å². The first kappa shape index (κ1) is 20.4. The van der Waals surface area contributed by atoms with Crippen LogP contribution in [0, 0.1) is 20.8 Å². The molecule has 1 saturated heterocycles. The zero-order valence-corrected chi connectivity index (χ0v) is 16.7. The van der Waals surface area contributed by atoms with Gasteiger partial charge in [0.1, 0.15) is 5.54 Å². The summed E-state index contributed by atoms with van der Waals surface area (Å²) in [5, 5.41) is 1.80. The molecule has 0 aromatic heterocycles. The van der Waals surface area contributed by atoms with Crippen molar-refractivity contribution in [2.24, 2.45) is 0 Å². The Kier molecular flexibility index (Phi) is 6.42. The lowest BCUT2D eigenvalue weighted by Gasteiger charge is -2.44. The number of carbonyl (C=O) groups excluding carboxylic acids is 2. The molecule has 26 heavy (non-hydrogen) atoms. The lowest BCUT2D eigenvalue weighted by Crippen LogP contribution is -2.61. The Bertz CT molecular complexity index is 679. The molecule has 144 valence electrons. The maximum Gasteiger partial charge on any atom is 0.331 e. The van der Waals surface area contributed by atoms with Crippen molar-refractivity contribution in [1.82, 2.24) is 9.96 Å². The van der Waals surface area contributed by atoms with E-state index in [9.17, 15) is 9.59 Å². The van der Waals surface area contributed by atoms with Crippen molar-refractivity contribution >= 4 is 11.9 Å². The third-order valence-electron chi connectivity index (χ3n) is 5.68. The summed E-state index contributed by atoms with van der Waals surface area (Å²) >= 11 is 0. The third-order valence-corrected chi connectivity index (χ3v) is 5.68. The van der Waals surface area contributed by atoms with Gasteiger partial charge in [-0.3, -0.25) is 4.79 Å². The molecular formula is C20H30N2O4. The number of likely N-dealkylation sites (N-methyl/N-ethyl adjacent to an activating group) is 1. The van der Waals surface area contributed by atoms with E-state index in [1.807, 2.05) is 13.8 Å². The van der Waals surface area contributed by atoms with Crippen LogP contribution in [0.3, 0.4) is 0 Å². The van der Waals surface area contributed by atoms with Gasteiger partial charge in [-0.15, -0.1) is 0 Å². The van der Waals surface area contributed by atoms with Gasteiger partial charge in [0.15, 0.2) is 0 Å². The van der Waals surface area contributed by atoms with Crippen molar-refractivity contribution in [3.63, 3.8) is 0 Å². The van der Waals surface area contributed by atoms with E-state index >= 15 is 0 Å². The van der Waals surface area contributed by atoms with Crippen LogP contribution in [0.5, 0.6) is 0 Å². The number of carbonyl (C=O) groups is 2. The largest absolute Gasteiger partial charge is 0.467 e. The molecule has 1 fully saturated rings. The Morgan fingerprint density at radius 3 is 2.19 bits per heavy atom. The lowest BCUT2D eigenvalue weighted by molar-refractivity contribution is -0.183. The minimum Gasteiger partial charge on any atom is -0.467 e. The molecule has 0 aliphatic carbocycles. The summed E-state index contributed by atoms with van der Waals surface area (Å²) in [6.07, 6.45) is 1.25. The van der Waals surface area contributed by atoms with Crippen LogP contribution in [0.2, 0.25) is 0 Å². The maximum absolute atomic E-state index is 13.0. The Hall–Kier alpha value is -1.92. The van der Waals surface area contributed by atoms with Crippen molar-refractivity contribution < 1.29 is 19.2 Å². The smallest absolute Gasteiger partial charge is 0.331 e. The number of nitrogens with zero attached hydrogens (tertiary/aromatic N) is 2. The molecule has 1 aliphatic rings. The summed E-state index contributed by atoms with van der Waals surface area (Å²) in [5.74, 6) is -0.437. The van der Waals surface area contributed by atoms with Crippen molar-refractivity contribution in [1.29, 1.82) is 0 Å². The van der Waals surface area contributed by atoms with Crippen LogP contribution in [0.4, 0.5) is 0 Å². The number of hydroxylamine groups is 2. The van der Waals surface area contributed by atoms with Crippen LogP contribution >= 0.6 is 0 Å². The second kappa shape index (κ2) is 8.18. The van der Waals surface area contributed by atoms with Crippen molar-refractivity contribution in [3.8, 4) is 0 Å². The maximum atomic E-state index is 13.0. The molecule has 0 saturated carbocycles. The molecule has 1 aromatic carbocycles. The fourth-order valence-corrected chi connectivity index (χ4v) is 3.64. The van der Waals surface area contributed by atoms with Crippen LogP contribution in [-0.2, 0) is 25.6 Å². The molecule has 0 unspecified atom stereocenters. The molecule has 1 amide bonds. The van der Waals surface area contributed by atoms with Crippen LogP contribution in [0.1, 0.15) is 35.1 Å². The number of ether oxygens (including phenoxy) is 1. The lowest BCUT2D eigenvalue weighted by atomic mass is 9.86. The van der Waals surface area contributed by atoms with E-state index in [4.69, 9.17) is 9.57 Å². The van der Waals surface area contributed by atoms with Crippen LogP contribution in [0.25, 0.3) is 0 Å². The molecule has 0 N–H and O–H groups in total. The zero-order chi connectivity index (χ0) is 19.5. The van der Waals surface area contributed by atoms with Gasteiger partial charge in [-0.05, 0) is 55.9 Å². The van der Waals surface area contributed by atoms with Gasteiger partial charge in [0.25, 0.3) is 0 Å². The van der Waals surface area contributed by atoms with Crippen molar-refractivity contribution in [2.45, 2.75) is 45.6 Å². The number of aryl methyl sites for hydroxylation is 3. The van der Waals surface area contributed by atoms with Gasteiger partial charge in [0.2, 0.25) is 5.91 Å². The minimum absolute atomic E-state index is 0.0763. The first-order valence-electron chi connectivity index (χ1n) is 8.96. The normalized spacial score (nSPS) is 17.0. The van der Waals surface area contributed by atoms with Crippen LogP contribution < -0.4 is 0 Å². The number of rotatable bonds is 5. The minimum atomic E-state index is -0.936. The first-order chi connectivity index (χ1) is 12.2. The zero-order valence-electron chi connectivity index (χ0n) is 16.7. The summed E-state index contributed by atoms with van der Waals surface area (Å²) in [6, 6.07) is 4.17. The fraction of sp³-hybridized carbons (Fsp3) is 0.600. The predicted molar refractivity (Wildman–Crippen MR) is 99.7 cm³/mol. The second-order valence-corrected chi connectivity index (χ2v) is 7.13. The van der Waals surface area contributed by atoms with Gasteiger partial charge in [-0.2, -0.15) is 5.06 Å². The van der Waals surface area contributed by atoms with Gasteiger partial charge < -0.3 is 14.5 Å². The molecule has 6 nitrogen and oxygen atoms in total. The number of benzene rings is 1. The highest BCUT2D eigenvalue weighted by Gasteiger charge is 2.47. The molecule has 0 bridgehead atoms. The Morgan fingerprint density at radius 1 is 1.08 bits per heavy atom. The molecule has 2 rings (SSSR count). The fourth-order valence-electron chi connectivity index (χ4n) is 3.64. The van der Waals surface area contributed by atoms with Gasteiger partial charge in [-0.1, -0.05) is 12.1 Å². The van der Waals surface area contributed by atoms with E-state index in [-0.39, 0.29) is 18.3 Å². The van der Waals surface area contributed by atoms with E-state index in [0.29, 0.717) is 25.9 Å². The molecule has 0 radical (unpaired) electrons. The topological polar surface area (TPSA) is 59.1 Å². The number of hydrogen-bond acceptors (Lipinski definition) is 5. The average Bonchev–Trinajstić information content (AvgIpc) is 2.64. The molecule has 0 spiro atoms. The Labute approximate surface area is 156 Å². The third kappa shape index (κ3) is 3.91. The second-order valence-electron chi connectivity index (χ2n) is 7.13. The first-order valence-corrected chi connectivity index (χ1v) is 8.96. The summed E-state index contributed by atoms with van der Waals surface area (Å²) in [4.78, 5) is 32.4. The number of amides is 1.